The molecule has 2 rings (SSSR count). The number of rotatable bonds is 5. The van der Waals surface area contributed by atoms with Gasteiger partial charge >= 0.3 is 0 Å². The summed E-state index contributed by atoms with van der Waals surface area (Å²) in [5.41, 5.74) is -0.302. The largest absolute Gasteiger partial charge is 0.489 e. The summed E-state index contributed by atoms with van der Waals surface area (Å²) in [6, 6.07) is 0.0215. The zero-order valence-corrected chi connectivity index (χ0v) is 11.0. The van der Waals surface area contributed by atoms with Crippen LogP contribution in [0.15, 0.2) is 22.7 Å². The number of anilines is 1. The summed E-state index contributed by atoms with van der Waals surface area (Å²) in [6.07, 6.45) is 3.94. The Balaban J connectivity index is 2.28. The number of hydrogen-bond acceptors (Lipinski definition) is 6. The van der Waals surface area contributed by atoms with E-state index in [2.05, 4.69) is 20.3 Å². The Morgan fingerprint density at radius 1 is 1.56 bits per heavy atom. The lowest BCUT2D eigenvalue weighted by atomic mass is 10.2. The van der Waals surface area contributed by atoms with E-state index >= 15 is 0 Å². The van der Waals surface area contributed by atoms with Crippen molar-refractivity contribution in [2.75, 3.05) is 12.4 Å². The Labute approximate surface area is 108 Å². The van der Waals surface area contributed by atoms with Gasteiger partial charge in [-0.2, -0.15) is 0 Å². The molecule has 0 amide bonds. The molecule has 2 N–H and O–H groups in total. The Kier molecular flexibility index (Phi) is 3.93. The normalized spacial score (nSPS) is 12.1. The van der Waals surface area contributed by atoms with Crippen molar-refractivity contribution in [3.8, 4) is 5.75 Å². The fourth-order valence-electron chi connectivity index (χ4n) is 1.59. The molecule has 18 heavy (non-hydrogen) atoms. The first-order chi connectivity index (χ1) is 8.76. The molecule has 0 fully saturated rings. The molecule has 0 saturated carbocycles. The number of thiazole rings is 1. The van der Waals surface area contributed by atoms with Crippen molar-refractivity contribution >= 4 is 17.2 Å². The van der Waals surface area contributed by atoms with Gasteiger partial charge in [-0.05, 0) is 6.42 Å². The van der Waals surface area contributed by atoms with Gasteiger partial charge in [0.2, 0.25) is 5.75 Å². The average molecular weight is 266 g/mol. The molecule has 2 heterocycles. The fraction of sp³-hybridized carbons (Fsp3) is 0.364. The summed E-state index contributed by atoms with van der Waals surface area (Å²) in [5.74, 6) is 0.621. The van der Waals surface area contributed by atoms with E-state index in [0.29, 0.717) is 5.82 Å². The number of methoxy groups -OCH3 is 1. The Bertz CT molecular complexity index is 552. The van der Waals surface area contributed by atoms with Crippen molar-refractivity contribution in [2.45, 2.75) is 19.4 Å². The second-order valence-corrected chi connectivity index (χ2v) is 4.52. The second-order valence-electron chi connectivity index (χ2n) is 3.59. The second kappa shape index (κ2) is 5.63. The van der Waals surface area contributed by atoms with Crippen molar-refractivity contribution in [3.05, 3.63) is 33.3 Å². The number of aromatic amines is 1. The van der Waals surface area contributed by atoms with Crippen molar-refractivity contribution in [2.24, 2.45) is 0 Å². The predicted molar refractivity (Wildman–Crippen MR) is 70.2 cm³/mol. The highest BCUT2D eigenvalue weighted by atomic mass is 32.1. The van der Waals surface area contributed by atoms with Crippen LogP contribution in [0.1, 0.15) is 24.4 Å². The van der Waals surface area contributed by atoms with Gasteiger partial charge in [-0.25, -0.2) is 9.97 Å². The summed E-state index contributed by atoms with van der Waals surface area (Å²) < 4.78 is 5.05. The minimum absolute atomic E-state index is 0.0215. The van der Waals surface area contributed by atoms with Crippen LogP contribution in [-0.2, 0) is 0 Å². The number of nitrogens with one attached hydrogen (secondary N) is 2. The van der Waals surface area contributed by atoms with Crippen LogP contribution >= 0.6 is 11.3 Å². The summed E-state index contributed by atoms with van der Waals surface area (Å²) >= 11 is 1.56. The lowest BCUT2D eigenvalue weighted by molar-refractivity contribution is 0.407. The van der Waals surface area contributed by atoms with Gasteiger partial charge < -0.3 is 15.0 Å². The Hall–Kier alpha value is -1.89. The summed E-state index contributed by atoms with van der Waals surface area (Å²) in [4.78, 5) is 22.4. The molecule has 0 bridgehead atoms. The summed E-state index contributed by atoms with van der Waals surface area (Å²) in [6.45, 7) is 2.04. The van der Waals surface area contributed by atoms with Gasteiger partial charge in [0.05, 0.1) is 19.5 Å². The summed E-state index contributed by atoms with van der Waals surface area (Å²) in [5, 5.41) is 6.06. The van der Waals surface area contributed by atoms with Gasteiger partial charge in [0, 0.05) is 11.6 Å². The van der Waals surface area contributed by atoms with Crippen molar-refractivity contribution in [1.29, 1.82) is 0 Å². The van der Waals surface area contributed by atoms with Gasteiger partial charge in [-0.3, -0.25) is 4.79 Å². The van der Waals surface area contributed by atoms with Crippen molar-refractivity contribution < 1.29 is 4.74 Å². The predicted octanol–water partition coefficient (Wildman–Crippen LogP) is 1.80. The minimum Gasteiger partial charge on any atom is -0.489 e. The summed E-state index contributed by atoms with van der Waals surface area (Å²) in [7, 11) is 1.45. The standard InChI is InChI=1S/C11H14N4O2S/c1-3-7(11-12-4-5-18-11)15-9-8(17-2)10(16)14-6-13-9/h4-7H,3H2,1-2H3,(H2,13,14,15,16). The first-order valence-corrected chi connectivity index (χ1v) is 6.41. The molecule has 2 aromatic heterocycles. The molecule has 0 aliphatic heterocycles. The number of hydrogen-bond donors (Lipinski definition) is 2. The highest BCUT2D eigenvalue weighted by Gasteiger charge is 2.16. The van der Waals surface area contributed by atoms with E-state index in [1.807, 2.05) is 12.3 Å². The van der Waals surface area contributed by atoms with E-state index in [0.717, 1.165) is 11.4 Å². The molecule has 2 aromatic rings. The van der Waals surface area contributed by atoms with E-state index in [9.17, 15) is 4.79 Å². The molecular formula is C11H14N4O2S. The lowest BCUT2D eigenvalue weighted by Gasteiger charge is -2.16. The maximum atomic E-state index is 11.6. The van der Waals surface area contributed by atoms with Crippen LogP contribution in [0.3, 0.4) is 0 Å². The van der Waals surface area contributed by atoms with Crippen LogP contribution in [0.25, 0.3) is 0 Å². The van der Waals surface area contributed by atoms with Crippen molar-refractivity contribution in [3.63, 3.8) is 0 Å². The third kappa shape index (κ3) is 2.51. The van der Waals surface area contributed by atoms with Crippen LogP contribution in [-0.4, -0.2) is 22.1 Å². The number of nitrogens with zero attached hydrogens (tertiary/aromatic N) is 2. The minimum atomic E-state index is -0.302. The monoisotopic (exact) mass is 266 g/mol. The molecule has 0 saturated heterocycles. The number of ether oxygens (including phenoxy) is 1. The van der Waals surface area contributed by atoms with Gasteiger partial charge in [0.25, 0.3) is 5.56 Å². The Morgan fingerprint density at radius 2 is 2.39 bits per heavy atom. The van der Waals surface area contributed by atoms with E-state index in [-0.39, 0.29) is 17.4 Å². The molecule has 0 aliphatic rings. The molecule has 96 valence electrons. The van der Waals surface area contributed by atoms with Gasteiger partial charge in [0.1, 0.15) is 5.01 Å². The highest BCUT2D eigenvalue weighted by Crippen LogP contribution is 2.26. The van der Waals surface area contributed by atoms with Gasteiger partial charge in [0.15, 0.2) is 5.82 Å². The van der Waals surface area contributed by atoms with Gasteiger partial charge in [-0.15, -0.1) is 11.3 Å². The first-order valence-electron chi connectivity index (χ1n) is 5.53. The number of H-pyrrole nitrogens is 1. The van der Waals surface area contributed by atoms with E-state index < -0.39 is 0 Å². The van der Waals surface area contributed by atoms with Crippen LogP contribution in [0.5, 0.6) is 5.75 Å². The maximum absolute atomic E-state index is 11.6. The molecular weight excluding hydrogens is 252 g/mol. The lowest BCUT2D eigenvalue weighted by Crippen LogP contribution is -2.17. The molecule has 0 radical (unpaired) electrons. The van der Waals surface area contributed by atoms with Crippen LogP contribution < -0.4 is 15.6 Å². The van der Waals surface area contributed by atoms with E-state index in [4.69, 9.17) is 4.74 Å². The van der Waals surface area contributed by atoms with Crippen LogP contribution in [0, 0.1) is 0 Å². The zero-order valence-electron chi connectivity index (χ0n) is 10.1. The third-order valence-electron chi connectivity index (χ3n) is 2.48. The van der Waals surface area contributed by atoms with E-state index in [1.165, 1.54) is 13.4 Å². The first kappa shape index (κ1) is 12.6. The topological polar surface area (TPSA) is 79.9 Å². The average Bonchev–Trinajstić information content (AvgIpc) is 2.89. The molecule has 7 heteroatoms. The van der Waals surface area contributed by atoms with Crippen LogP contribution in [0.2, 0.25) is 0 Å². The SMILES string of the molecule is CCC(Nc1nc[nH]c(=O)c1OC)c1nccs1. The molecule has 0 aromatic carbocycles. The molecule has 1 unspecified atom stereocenters. The van der Waals surface area contributed by atoms with Gasteiger partial charge in [-0.1, -0.05) is 6.92 Å². The highest BCUT2D eigenvalue weighted by molar-refractivity contribution is 7.09. The quantitative estimate of drug-likeness (QED) is 0.862. The zero-order chi connectivity index (χ0) is 13.0. The fourth-order valence-corrected chi connectivity index (χ4v) is 2.36. The molecule has 0 spiro atoms. The Morgan fingerprint density at radius 3 is 3.00 bits per heavy atom. The smallest absolute Gasteiger partial charge is 0.295 e. The number of aromatic nitrogens is 3. The van der Waals surface area contributed by atoms with Crippen LogP contribution in [0.4, 0.5) is 5.82 Å². The van der Waals surface area contributed by atoms with Crippen molar-refractivity contribution in [1.82, 2.24) is 15.0 Å². The molecule has 6 nitrogen and oxygen atoms in total. The molecule has 0 aliphatic carbocycles. The van der Waals surface area contributed by atoms with E-state index in [1.54, 1.807) is 17.5 Å². The maximum Gasteiger partial charge on any atom is 0.295 e. The third-order valence-corrected chi connectivity index (χ3v) is 3.37. The molecule has 1 atom stereocenters.